The molecule has 0 spiro atoms. The molecule has 34 heavy (non-hydrogen) atoms. The number of benzene rings is 1. The van der Waals surface area contributed by atoms with Crippen LogP contribution in [0.5, 0.6) is 5.88 Å². The molecule has 3 aromatic rings. The summed E-state index contributed by atoms with van der Waals surface area (Å²) in [6, 6.07) is 9.08. The van der Waals surface area contributed by atoms with Crippen LogP contribution in [0.4, 0.5) is 13.2 Å². The maximum absolute atomic E-state index is 13.7. The van der Waals surface area contributed by atoms with Crippen LogP contribution in [0, 0.1) is 18.8 Å². The van der Waals surface area contributed by atoms with Crippen LogP contribution < -0.4 is 4.74 Å². The molecule has 0 N–H and O–H groups in total. The van der Waals surface area contributed by atoms with Gasteiger partial charge in [0.15, 0.2) is 11.5 Å². The van der Waals surface area contributed by atoms with Gasteiger partial charge in [-0.05, 0) is 49.8 Å². The number of fused-ring (bicyclic) bond motifs is 1. The summed E-state index contributed by atoms with van der Waals surface area (Å²) in [7, 11) is 0. The molecule has 2 fully saturated rings. The van der Waals surface area contributed by atoms with Gasteiger partial charge in [0, 0.05) is 30.6 Å². The van der Waals surface area contributed by atoms with E-state index in [9.17, 15) is 18.0 Å². The van der Waals surface area contributed by atoms with E-state index >= 15 is 0 Å². The third-order valence-corrected chi connectivity index (χ3v) is 6.34. The van der Waals surface area contributed by atoms with Crippen molar-refractivity contribution in [3.8, 4) is 17.3 Å². The molecule has 2 aliphatic rings. The molecule has 1 aliphatic carbocycles. The van der Waals surface area contributed by atoms with Crippen molar-refractivity contribution in [2.24, 2.45) is 11.8 Å². The fourth-order valence-corrected chi connectivity index (χ4v) is 4.46. The van der Waals surface area contributed by atoms with E-state index in [-0.39, 0.29) is 24.4 Å². The number of carbonyl (C=O) groups is 1. The second kappa shape index (κ2) is 8.66. The molecule has 0 radical (unpaired) electrons. The van der Waals surface area contributed by atoms with Crippen molar-refractivity contribution < 1.29 is 22.7 Å². The topological polar surface area (TPSA) is 81.1 Å². The molecule has 2 aromatic heterocycles. The first kappa shape index (κ1) is 22.2. The van der Waals surface area contributed by atoms with E-state index in [1.165, 1.54) is 0 Å². The van der Waals surface area contributed by atoms with Gasteiger partial charge in [-0.25, -0.2) is 9.97 Å². The monoisotopic (exact) mass is 469 g/mol. The number of ether oxygens (including phenoxy) is 1. The van der Waals surface area contributed by atoms with Crippen LogP contribution in [-0.4, -0.2) is 50.2 Å². The molecule has 3 unspecified atom stereocenters. The fraction of sp³-hybridized carbons (Fsp3) is 0.375. The van der Waals surface area contributed by atoms with Gasteiger partial charge in [0.2, 0.25) is 5.88 Å². The molecule has 1 saturated carbocycles. The number of piperidine rings is 1. The zero-order valence-corrected chi connectivity index (χ0v) is 18.4. The van der Waals surface area contributed by atoms with Crippen LogP contribution in [0.25, 0.3) is 11.4 Å². The van der Waals surface area contributed by atoms with Gasteiger partial charge in [-0.15, -0.1) is 10.2 Å². The second-order valence-corrected chi connectivity index (χ2v) is 8.79. The van der Waals surface area contributed by atoms with Gasteiger partial charge in [0.05, 0.1) is 11.6 Å². The summed E-state index contributed by atoms with van der Waals surface area (Å²) in [5.74, 6) is 1.33. The molecule has 0 bridgehead atoms. The van der Waals surface area contributed by atoms with Crippen molar-refractivity contribution in [3.05, 3.63) is 65.6 Å². The summed E-state index contributed by atoms with van der Waals surface area (Å²) in [4.78, 5) is 24.2. The Morgan fingerprint density at radius 1 is 1.09 bits per heavy atom. The molecule has 3 atom stereocenters. The van der Waals surface area contributed by atoms with Gasteiger partial charge in [-0.3, -0.25) is 4.79 Å². The number of halogens is 3. The number of hydrogen-bond acceptors (Lipinski definition) is 6. The fourth-order valence-electron chi connectivity index (χ4n) is 4.46. The standard InChI is InChI=1S/C24H22F3N5O2/c1-14-3-4-18(22-28-7-2-8-29-22)19(9-14)23(33)32-12-16-10-15(16)11-17(32)13-34-21-6-5-20(30-31-21)24(25,26)27/h2-9,15-17H,10-13H2,1H3. The Hall–Kier alpha value is -3.56. The van der Waals surface area contributed by atoms with Crippen molar-refractivity contribution in [2.45, 2.75) is 32.0 Å². The SMILES string of the molecule is Cc1ccc(-c2ncccn2)c(C(=O)N2CC3CC3CC2COc2ccc(C(F)(F)F)nn2)c1. The average molecular weight is 469 g/mol. The summed E-state index contributed by atoms with van der Waals surface area (Å²) >= 11 is 0. The third kappa shape index (κ3) is 4.57. The van der Waals surface area contributed by atoms with E-state index in [4.69, 9.17) is 4.74 Å². The lowest BCUT2D eigenvalue weighted by Gasteiger charge is -2.35. The minimum absolute atomic E-state index is 0.00718. The lowest BCUT2D eigenvalue weighted by Crippen LogP contribution is -2.47. The minimum atomic E-state index is -4.56. The lowest BCUT2D eigenvalue weighted by atomic mass is 9.98. The number of likely N-dealkylation sites (tertiary alicyclic amines) is 1. The van der Waals surface area contributed by atoms with Gasteiger partial charge < -0.3 is 9.64 Å². The quantitative estimate of drug-likeness (QED) is 0.558. The first-order valence-corrected chi connectivity index (χ1v) is 11.0. The molecular weight excluding hydrogens is 447 g/mol. The number of alkyl halides is 3. The highest BCUT2D eigenvalue weighted by Crippen LogP contribution is 2.47. The molecule has 1 aliphatic heterocycles. The molecule has 5 rings (SSSR count). The van der Waals surface area contributed by atoms with Crippen molar-refractivity contribution in [1.29, 1.82) is 0 Å². The van der Waals surface area contributed by atoms with Gasteiger partial charge in [-0.2, -0.15) is 13.2 Å². The van der Waals surface area contributed by atoms with Crippen LogP contribution in [0.15, 0.2) is 48.8 Å². The van der Waals surface area contributed by atoms with Crippen LogP contribution in [0.1, 0.15) is 34.5 Å². The Morgan fingerprint density at radius 3 is 2.59 bits per heavy atom. The molecule has 3 heterocycles. The lowest BCUT2D eigenvalue weighted by molar-refractivity contribution is -0.141. The Labute approximate surface area is 194 Å². The minimum Gasteiger partial charge on any atom is -0.474 e. The van der Waals surface area contributed by atoms with Crippen LogP contribution in [-0.2, 0) is 6.18 Å². The van der Waals surface area contributed by atoms with E-state index in [1.54, 1.807) is 18.5 Å². The Bertz CT molecular complexity index is 1190. The number of hydrogen-bond donors (Lipinski definition) is 0. The third-order valence-electron chi connectivity index (χ3n) is 6.34. The summed E-state index contributed by atoms with van der Waals surface area (Å²) in [6.07, 6.45) is 0.533. The Kier molecular flexibility index (Phi) is 5.66. The first-order chi connectivity index (χ1) is 16.3. The van der Waals surface area contributed by atoms with E-state index < -0.39 is 11.9 Å². The Balaban J connectivity index is 1.37. The molecule has 7 nitrogen and oxygen atoms in total. The molecular formula is C24H22F3N5O2. The number of aromatic nitrogens is 4. The molecule has 176 valence electrons. The average Bonchev–Trinajstić information content (AvgIpc) is 3.60. The van der Waals surface area contributed by atoms with Gasteiger partial charge in [0.25, 0.3) is 5.91 Å². The number of amides is 1. The molecule has 10 heteroatoms. The molecule has 1 amide bonds. The highest BCUT2D eigenvalue weighted by Gasteiger charge is 2.47. The summed E-state index contributed by atoms with van der Waals surface area (Å²) < 4.78 is 43.9. The largest absolute Gasteiger partial charge is 0.474 e. The van der Waals surface area contributed by atoms with Crippen LogP contribution in [0.3, 0.4) is 0 Å². The summed E-state index contributed by atoms with van der Waals surface area (Å²) in [6.45, 7) is 2.65. The molecule has 1 aromatic carbocycles. The number of nitrogens with zero attached hydrogens (tertiary/aromatic N) is 5. The highest BCUT2D eigenvalue weighted by molar-refractivity contribution is 6.00. The van der Waals surface area contributed by atoms with Crippen molar-refractivity contribution >= 4 is 5.91 Å². The maximum atomic E-state index is 13.7. The van der Waals surface area contributed by atoms with Crippen LogP contribution >= 0.6 is 0 Å². The summed E-state index contributed by atoms with van der Waals surface area (Å²) in [5.41, 5.74) is 1.04. The first-order valence-electron chi connectivity index (χ1n) is 11.0. The molecule has 1 saturated heterocycles. The zero-order valence-electron chi connectivity index (χ0n) is 18.4. The predicted molar refractivity (Wildman–Crippen MR) is 116 cm³/mol. The van der Waals surface area contributed by atoms with Crippen molar-refractivity contribution in [3.63, 3.8) is 0 Å². The number of aryl methyl sites for hydroxylation is 1. The number of rotatable bonds is 5. The maximum Gasteiger partial charge on any atom is 0.435 e. The van der Waals surface area contributed by atoms with E-state index in [1.807, 2.05) is 30.0 Å². The van der Waals surface area contributed by atoms with E-state index in [0.717, 1.165) is 30.5 Å². The van der Waals surface area contributed by atoms with E-state index in [2.05, 4.69) is 20.2 Å². The predicted octanol–water partition coefficient (Wildman–Crippen LogP) is 4.19. The zero-order chi connectivity index (χ0) is 23.9. The van der Waals surface area contributed by atoms with Gasteiger partial charge in [0.1, 0.15) is 6.61 Å². The smallest absolute Gasteiger partial charge is 0.435 e. The summed E-state index contributed by atoms with van der Waals surface area (Å²) in [5, 5.41) is 6.74. The van der Waals surface area contributed by atoms with Crippen molar-refractivity contribution in [2.75, 3.05) is 13.2 Å². The number of carbonyl (C=O) groups excluding carboxylic acids is 1. The van der Waals surface area contributed by atoms with E-state index in [0.29, 0.717) is 35.3 Å². The van der Waals surface area contributed by atoms with Crippen molar-refractivity contribution in [1.82, 2.24) is 25.1 Å². The van der Waals surface area contributed by atoms with Gasteiger partial charge in [-0.1, -0.05) is 17.7 Å². The second-order valence-electron chi connectivity index (χ2n) is 8.79. The highest BCUT2D eigenvalue weighted by atomic mass is 19.4. The van der Waals surface area contributed by atoms with Crippen LogP contribution in [0.2, 0.25) is 0 Å². The normalized spacial score (nSPS) is 21.6. The Morgan fingerprint density at radius 2 is 1.88 bits per heavy atom. The van der Waals surface area contributed by atoms with Gasteiger partial charge >= 0.3 is 6.18 Å².